The standard InChI is InChI=1S/C14H19N3O3/c1-20-12-6-5-9(8-10(12)15)14(19)17-7-3-2-4-11(17)13(16)18/h5-6,8,11H,2-4,7,15H2,1H3,(H2,16,18). The van der Waals surface area contributed by atoms with E-state index in [1.165, 1.54) is 12.0 Å². The molecule has 1 heterocycles. The van der Waals surface area contributed by atoms with Crippen LogP contribution in [-0.2, 0) is 4.79 Å². The molecule has 0 spiro atoms. The molecule has 1 saturated heterocycles. The van der Waals surface area contributed by atoms with Gasteiger partial charge < -0.3 is 21.1 Å². The van der Waals surface area contributed by atoms with E-state index < -0.39 is 11.9 Å². The Bertz CT molecular complexity index is 530. The van der Waals surface area contributed by atoms with Crippen molar-refractivity contribution in [2.45, 2.75) is 25.3 Å². The van der Waals surface area contributed by atoms with E-state index in [0.717, 1.165) is 12.8 Å². The third-order valence-electron chi connectivity index (χ3n) is 3.57. The second-order valence-electron chi connectivity index (χ2n) is 4.87. The minimum Gasteiger partial charge on any atom is -0.495 e. The van der Waals surface area contributed by atoms with Gasteiger partial charge in [0.15, 0.2) is 0 Å². The first-order valence-corrected chi connectivity index (χ1v) is 6.58. The fourth-order valence-electron chi connectivity index (χ4n) is 2.50. The largest absolute Gasteiger partial charge is 0.495 e. The van der Waals surface area contributed by atoms with E-state index in [1.54, 1.807) is 18.2 Å². The van der Waals surface area contributed by atoms with E-state index in [2.05, 4.69) is 0 Å². The number of carbonyl (C=O) groups excluding carboxylic acids is 2. The van der Waals surface area contributed by atoms with Gasteiger partial charge >= 0.3 is 0 Å². The monoisotopic (exact) mass is 277 g/mol. The average molecular weight is 277 g/mol. The number of ether oxygens (including phenoxy) is 1. The number of piperidine rings is 1. The minimum atomic E-state index is -0.528. The maximum absolute atomic E-state index is 12.5. The van der Waals surface area contributed by atoms with E-state index in [9.17, 15) is 9.59 Å². The number of carbonyl (C=O) groups is 2. The number of methoxy groups -OCH3 is 1. The molecular weight excluding hydrogens is 258 g/mol. The summed E-state index contributed by atoms with van der Waals surface area (Å²) in [6.45, 7) is 0.540. The zero-order chi connectivity index (χ0) is 14.7. The van der Waals surface area contributed by atoms with Crippen LogP contribution in [0, 0.1) is 0 Å². The van der Waals surface area contributed by atoms with Crippen LogP contribution in [0.25, 0.3) is 0 Å². The molecule has 6 nitrogen and oxygen atoms in total. The van der Waals surface area contributed by atoms with Gasteiger partial charge in [0.05, 0.1) is 12.8 Å². The molecule has 0 radical (unpaired) electrons. The highest BCUT2D eigenvalue weighted by atomic mass is 16.5. The normalized spacial score (nSPS) is 18.6. The zero-order valence-electron chi connectivity index (χ0n) is 11.5. The van der Waals surface area contributed by atoms with Gasteiger partial charge in [-0.3, -0.25) is 9.59 Å². The highest BCUT2D eigenvalue weighted by molar-refractivity contribution is 5.98. The summed E-state index contributed by atoms with van der Waals surface area (Å²) in [4.78, 5) is 25.5. The first kappa shape index (κ1) is 14.2. The predicted octanol–water partition coefficient (Wildman–Crippen LogP) is 0.757. The van der Waals surface area contributed by atoms with Crippen molar-refractivity contribution in [3.63, 3.8) is 0 Å². The number of hydrogen-bond donors (Lipinski definition) is 2. The van der Waals surface area contributed by atoms with Crippen molar-refractivity contribution < 1.29 is 14.3 Å². The molecule has 2 rings (SSSR count). The van der Waals surface area contributed by atoms with Crippen molar-refractivity contribution in [2.24, 2.45) is 5.73 Å². The van der Waals surface area contributed by atoms with Gasteiger partial charge in [0.1, 0.15) is 11.8 Å². The molecule has 108 valence electrons. The summed E-state index contributed by atoms with van der Waals surface area (Å²) in [6, 6.07) is 4.32. The van der Waals surface area contributed by atoms with Crippen LogP contribution in [0.2, 0.25) is 0 Å². The second kappa shape index (κ2) is 5.81. The van der Waals surface area contributed by atoms with Gasteiger partial charge in [0.2, 0.25) is 5.91 Å². The van der Waals surface area contributed by atoms with E-state index in [-0.39, 0.29) is 5.91 Å². The Hall–Kier alpha value is -2.24. The number of nitrogen functional groups attached to an aromatic ring is 1. The fraction of sp³-hybridized carbons (Fsp3) is 0.429. The van der Waals surface area contributed by atoms with Gasteiger partial charge in [-0.2, -0.15) is 0 Å². The number of nitrogens with zero attached hydrogens (tertiary/aromatic N) is 1. The Labute approximate surface area is 117 Å². The summed E-state index contributed by atoms with van der Waals surface area (Å²) < 4.78 is 5.06. The van der Waals surface area contributed by atoms with E-state index in [1.807, 2.05) is 0 Å². The lowest BCUT2D eigenvalue weighted by Gasteiger charge is -2.33. The molecule has 0 aliphatic carbocycles. The van der Waals surface area contributed by atoms with Crippen molar-refractivity contribution in [1.82, 2.24) is 4.90 Å². The van der Waals surface area contributed by atoms with Crippen molar-refractivity contribution in [1.29, 1.82) is 0 Å². The van der Waals surface area contributed by atoms with Crippen LogP contribution >= 0.6 is 0 Å². The summed E-state index contributed by atoms with van der Waals surface area (Å²) in [5, 5.41) is 0. The lowest BCUT2D eigenvalue weighted by molar-refractivity contribution is -0.123. The minimum absolute atomic E-state index is 0.220. The summed E-state index contributed by atoms with van der Waals surface area (Å²) >= 11 is 0. The average Bonchev–Trinajstić information content (AvgIpc) is 2.46. The molecule has 1 atom stereocenters. The van der Waals surface area contributed by atoms with Gasteiger partial charge in [0, 0.05) is 12.1 Å². The molecule has 2 amide bonds. The number of primary amides is 1. The van der Waals surface area contributed by atoms with Crippen LogP contribution in [0.4, 0.5) is 5.69 Å². The number of amides is 2. The summed E-state index contributed by atoms with van der Waals surface area (Å²) in [5.74, 6) is -0.158. The number of nitrogens with two attached hydrogens (primary N) is 2. The third kappa shape index (κ3) is 2.68. The first-order chi connectivity index (χ1) is 9.54. The van der Waals surface area contributed by atoms with Crippen LogP contribution in [0.15, 0.2) is 18.2 Å². The van der Waals surface area contributed by atoms with Crippen LogP contribution in [0.3, 0.4) is 0 Å². The van der Waals surface area contributed by atoms with E-state index in [0.29, 0.717) is 30.0 Å². The molecule has 1 unspecified atom stereocenters. The number of benzene rings is 1. The van der Waals surface area contributed by atoms with Gasteiger partial charge in [-0.15, -0.1) is 0 Å². The van der Waals surface area contributed by atoms with Crippen molar-refractivity contribution >= 4 is 17.5 Å². The van der Waals surface area contributed by atoms with Crippen LogP contribution in [0.1, 0.15) is 29.6 Å². The van der Waals surface area contributed by atoms with Crippen molar-refractivity contribution in [3.8, 4) is 5.75 Å². The molecule has 0 aromatic heterocycles. The van der Waals surface area contributed by atoms with Crippen molar-refractivity contribution in [2.75, 3.05) is 19.4 Å². The van der Waals surface area contributed by atoms with Crippen molar-refractivity contribution in [3.05, 3.63) is 23.8 Å². The molecular formula is C14H19N3O3. The number of hydrogen-bond acceptors (Lipinski definition) is 4. The SMILES string of the molecule is COc1ccc(C(=O)N2CCCCC2C(N)=O)cc1N. The predicted molar refractivity (Wildman–Crippen MR) is 75.3 cm³/mol. The lowest BCUT2D eigenvalue weighted by atomic mass is 10.00. The van der Waals surface area contributed by atoms with E-state index >= 15 is 0 Å². The third-order valence-corrected chi connectivity index (χ3v) is 3.57. The maximum Gasteiger partial charge on any atom is 0.254 e. The van der Waals surface area contributed by atoms with Crippen LogP contribution in [-0.4, -0.2) is 36.4 Å². The molecule has 1 aromatic rings. The molecule has 20 heavy (non-hydrogen) atoms. The highest BCUT2D eigenvalue weighted by Crippen LogP contribution is 2.25. The van der Waals surface area contributed by atoms with Gasteiger partial charge in [-0.05, 0) is 37.5 Å². The topological polar surface area (TPSA) is 98.6 Å². The summed E-state index contributed by atoms with van der Waals surface area (Å²) in [7, 11) is 1.51. The summed E-state index contributed by atoms with van der Waals surface area (Å²) in [6.07, 6.45) is 2.40. The van der Waals surface area contributed by atoms with Crippen LogP contribution in [0.5, 0.6) is 5.75 Å². The molecule has 1 aliphatic heterocycles. The molecule has 6 heteroatoms. The Morgan fingerprint density at radius 2 is 2.10 bits per heavy atom. The highest BCUT2D eigenvalue weighted by Gasteiger charge is 2.31. The van der Waals surface area contributed by atoms with E-state index in [4.69, 9.17) is 16.2 Å². The molecule has 1 fully saturated rings. The molecule has 0 saturated carbocycles. The Morgan fingerprint density at radius 1 is 1.35 bits per heavy atom. The second-order valence-corrected chi connectivity index (χ2v) is 4.87. The fourth-order valence-corrected chi connectivity index (χ4v) is 2.50. The molecule has 1 aliphatic rings. The number of rotatable bonds is 3. The number of likely N-dealkylation sites (tertiary alicyclic amines) is 1. The quantitative estimate of drug-likeness (QED) is 0.797. The molecule has 1 aromatic carbocycles. The Morgan fingerprint density at radius 3 is 2.70 bits per heavy atom. The van der Waals surface area contributed by atoms with Gasteiger partial charge in [-0.25, -0.2) is 0 Å². The summed E-state index contributed by atoms with van der Waals surface area (Å²) in [5.41, 5.74) is 12.0. The molecule has 4 N–H and O–H groups in total. The maximum atomic E-state index is 12.5. The van der Waals surface area contributed by atoms with Gasteiger partial charge in [-0.1, -0.05) is 0 Å². The van der Waals surface area contributed by atoms with Gasteiger partial charge in [0.25, 0.3) is 5.91 Å². The Balaban J connectivity index is 2.25. The Kier molecular flexibility index (Phi) is 4.12. The van der Waals surface area contributed by atoms with Crippen LogP contribution < -0.4 is 16.2 Å². The zero-order valence-corrected chi connectivity index (χ0v) is 11.5. The lowest BCUT2D eigenvalue weighted by Crippen LogP contribution is -2.50. The number of anilines is 1. The first-order valence-electron chi connectivity index (χ1n) is 6.58. The molecule has 0 bridgehead atoms. The smallest absolute Gasteiger partial charge is 0.254 e.